The van der Waals surface area contributed by atoms with Crippen LogP contribution in [-0.2, 0) is 21.1 Å². The molecule has 1 aliphatic rings. The topological polar surface area (TPSA) is 49.9 Å². The van der Waals surface area contributed by atoms with Crippen LogP contribution in [0.3, 0.4) is 0 Å². The summed E-state index contributed by atoms with van der Waals surface area (Å²) < 4.78 is 96.3. The number of alkyl halides is 5. The molecular formula is C14H17F5N2O3S. The monoisotopic (exact) mass is 388 g/mol. The van der Waals surface area contributed by atoms with Crippen molar-refractivity contribution >= 4 is 10.2 Å². The fourth-order valence-electron chi connectivity index (χ4n) is 2.49. The molecule has 1 unspecified atom stereocenters. The number of rotatable bonds is 5. The molecule has 1 aliphatic heterocycles. The fourth-order valence-corrected chi connectivity index (χ4v) is 3.96. The number of halogens is 5. The zero-order valence-corrected chi connectivity index (χ0v) is 14.0. The van der Waals surface area contributed by atoms with Gasteiger partial charge in [-0.1, -0.05) is 12.1 Å². The third-order valence-corrected chi connectivity index (χ3v) is 5.84. The van der Waals surface area contributed by atoms with E-state index >= 15 is 0 Å². The molecule has 0 radical (unpaired) electrons. The summed E-state index contributed by atoms with van der Waals surface area (Å²) in [6.07, 6.45) is -7.72. The van der Waals surface area contributed by atoms with E-state index in [0.717, 1.165) is 23.5 Å². The molecule has 142 valence electrons. The highest BCUT2D eigenvalue weighted by atomic mass is 32.2. The molecule has 0 bridgehead atoms. The molecule has 2 rings (SSSR count). The van der Waals surface area contributed by atoms with Crippen LogP contribution >= 0.6 is 0 Å². The van der Waals surface area contributed by atoms with Gasteiger partial charge in [0.15, 0.2) is 0 Å². The summed E-state index contributed by atoms with van der Waals surface area (Å²) in [5.41, 5.74) is -1.22. The minimum absolute atomic E-state index is 0.0235. The van der Waals surface area contributed by atoms with E-state index in [0.29, 0.717) is 16.4 Å². The number of benzene rings is 1. The molecule has 5 nitrogen and oxygen atoms in total. The van der Waals surface area contributed by atoms with E-state index in [1.807, 2.05) is 0 Å². The smallest absolute Gasteiger partial charge is 0.379 e. The van der Waals surface area contributed by atoms with Crippen LogP contribution in [0.5, 0.6) is 0 Å². The van der Waals surface area contributed by atoms with Crippen LogP contribution in [0.4, 0.5) is 22.0 Å². The summed E-state index contributed by atoms with van der Waals surface area (Å²) in [5.74, 6) is 0. The number of nitrogens with zero attached hydrogens (tertiary/aromatic N) is 2. The Morgan fingerprint density at radius 2 is 1.64 bits per heavy atom. The first kappa shape index (κ1) is 20.0. The third-order valence-electron chi connectivity index (χ3n) is 3.87. The maximum Gasteiger partial charge on any atom is 0.416 e. The van der Waals surface area contributed by atoms with Gasteiger partial charge in [-0.25, -0.2) is 8.78 Å². The van der Waals surface area contributed by atoms with Crippen LogP contribution in [0.2, 0.25) is 0 Å². The summed E-state index contributed by atoms with van der Waals surface area (Å²) in [4.78, 5) is 0. The van der Waals surface area contributed by atoms with Crippen LogP contribution in [0, 0.1) is 0 Å². The molecule has 0 aliphatic carbocycles. The molecule has 1 saturated heterocycles. The van der Waals surface area contributed by atoms with Crippen molar-refractivity contribution in [2.45, 2.75) is 18.6 Å². The van der Waals surface area contributed by atoms with Crippen molar-refractivity contribution < 1.29 is 35.1 Å². The molecule has 1 aromatic carbocycles. The number of ether oxygens (including phenoxy) is 1. The zero-order valence-electron chi connectivity index (χ0n) is 13.2. The van der Waals surface area contributed by atoms with Gasteiger partial charge >= 0.3 is 6.18 Å². The lowest BCUT2D eigenvalue weighted by Crippen LogP contribution is -2.49. The van der Waals surface area contributed by atoms with Crippen molar-refractivity contribution in [3.63, 3.8) is 0 Å². The standard InChI is InChI=1S/C14H17F5N2O3S/c1-20(25(22,23)21-6-8-24-9-7-21)12(13(15)16)10-2-4-11(5-3-10)14(17,18)19/h2-5,12-13H,6-9H2,1H3. The van der Waals surface area contributed by atoms with Crippen LogP contribution in [-0.4, -0.2) is 56.8 Å². The molecule has 1 aromatic rings. The molecule has 1 atom stereocenters. The lowest BCUT2D eigenvalue weighted by atomic mass is 10.1. The van der Waals surface area contributed by atoms with Gasteiger partial charge in [0, 0.05) is 20.1 Å². The first-order valence-corrected chi connectivity index (χ1v) is 8.71. The Morgan fingerprint density at radius 3 is 2.08 bits per heavy atom. The first-order valence-electron chi connectivity index (χ1n) is 7.31. The van der Waals surface area contributed by atoms with Crippen molar-refractivity contribution in [1.82, 2.24) is 8.61 Å². The molecule has 0 amide bonds. The highest BCUT2D eigenvalue weighted by Crippen LogP contribution is 2.33. The van der Waals surface area contributed by atoms with E-state index in [2.05, 4.69) is 0 Å². The van der Waals surface area contributed by atoms with E-state index in [-0.39, 0.29) is 31.9 Å². The fraction of sp³-hybridized carbons (Fsp3) is 0.571. The minimum atomic E-state index is -4.61. The van der Waals surface area contributed by atoms with Gasteiger partial charge in [-0.2, -0.15) is 30.2 Å². The molecule has 0 spiro atoms. The van der Waals surface area contributed by atoms with E-state index in [9.17, 15) is 30.4 Å². The van der Waals surface area contributed by atoms with Gasteiger partial charge in [-0.15, -0.1) is 0 Å². The van der Waals surface area contributed by atoms with Gasteiger partial charge in [0.2, 0.25) is 0 Å². The lowest BCUT2D eigenvalue weighted by Gasteiger charge is -2.34. The van der Waals surface area contributed by atoms with Crippen LogP contribution in [0.25, 0.3) is 0 Å². The molecule has 11 heteroatoms. The normalized spacial score (nSPS) is 18.7. The Morgan fingerprint density at radius 1 is 1.12 bits per heavy atom. The van der Waals surface area contributed by atoms with Gasteiger partial charge in [0.1, 0.15) is 6.04 Å². The predicted molar refractivity (Wildman–Crippen MR) is 79.3 cm³/mol. The van der Waals surface area contributed by atoms with Gasteiger partial charge < -0.3 is 4.74 Å². The lowest BCUT2D eigenvalue weighted by molar-refractivity contribution is -0.137. The molecular weight excluding hydrogens is 371 g/mol. The van der Waals surface area contributed by atoms with Crippen LogP contribution in [0.1, 0.15) is 17.2 Å². The van der Waals surface area contributed by atoms with Crippen molar-refractivity contribution in [2.75, 3.05) is 33.4 Å². The van der Waals surface area contributed by atoms with Crippen LogP contribution in [0.15, 0.2) is 24.3 Å². The average Bonchev–Trinajstić information content (AvgIpc) is 2.55. The van der Waals surface area contributed by atoms with E-state index in [1.165, 1.54) is 0 Å². The Hall–Kier alpha value is -1.30. The highest BCUT2D eigenvalue weighted by Gasteiger charge is 2.39. The molecule has 0 saturated carbocycles. The number of morpholine rings is 1. The number of hydrogen-bond donors (Lipinski definition) is 0. The largest absolute Gasteiger partial charge is 0.416 e. The quantitative estimate of drug-likeness (QED) is 0.729. The second kappa shape index (κ2) is 7.52. The van der Waals surface area contributed by atoms with Crippen LogP contribution < -0.4 is 0 Å². The Balaban J connectivity index is 2.30. The maximum atomic E-state index is 13.5. The van der Waals surface area contributed by atoms with E-state index in [1.54, 1.807) is 0 Å². The van der Waals surface area contributed by atoms with Crippen molar-refractivity contribution in [3.8, 4) is 0 Å². The minimum Gasteiger partial charge on any atom is -0.379 e. The average molecular weight is 388 g/mol. The van der Waals surface area contributed by atoms with Crippen molar-refractivity contribution in [3.05, 3.63) is 35.4 Å². The summed E-state index contributed by atoms with van der Waals surface area (Å²) in [6.45, 7) is 0.338. The molecule has 0 N–H and O–H groups in total. The molecule has 1 fully saturated rings. The zero-order chi connectivity index (χ0) is 18.8. The molecule has 1 heterocycles. The van der Waals surface area contributed by atoms with Gasteiger partial charge in [-0.05, 0) is 17.7 Å². The predicted octanol–water partition coefficient (Wildman–Crippen LogP) is 2.52. The van der Waals surface area contributed by atoms with Gasteiger partial charge in [0.25, 0.3) is 16.6 Å². The Kier molecular flexibility index (Phi) is 6.02. The highest BCUT2D eigenvalue weighted by molar-refractivity contribution is 7.86. The third kappa shape index (κ3) is 4.46. The summed E-state index contributed by atoms with van der Waals surface area (Å²) in [7, 11) is -3.22. The second-order valence-corrected chi connectivity index (χ2v) is 7.42. The second-order valence-electron chi connectivity index (χ2n) is 5.43. The van der Waals surface area contributed by atoms with Crippen molar-refractivity contribution in [2.24, 2.45) is 0 Å². The van der Waals surface area contributed by atoms with Gasteiger partial charge in [0.05, 0.1) is 18.8 Å². The SMILES string of the molecule is CN(C(c1ccc(C(F)(F)F)cc1)C(F)F)S(=O)(=O)N1CCOCC1. The summed E-state index contributed by atoms with van der Waals surface area (Å²) >= 11 is 0. The maximum absolute atomic E-state index is 13.5. The van der Waals surface area contributed by atoms with Gasteiger partial charge in [-0.3, -0.25) is 0 Å². The Bertz CT molecular complexity index is 673. The number of hydrogen-bond acceptors (Lipinski definition) is 3. The summed E-state index contributed by atoms with van der Waals surface area (Å²) in [5, 5.41) is 0. The Labute approximate surface area is 142 Å². The first-order chi connectivity index (χ1) is 11.5. The molecule has 0 aromatic heterocycles. The summed E-state index contributed by atoms with van der Waals surface area (Å²) in [6, 6.07) is 1.14. The van der Waals surface area contributed by atoms with E-state index in [4.69, 9.17) is 4.74 Å². The van der Waals surface area contributed by atoms with Crippen molar-refractivity contribution in [1.29, 1.82) is 0 Å². The molecule has 25 heavy (non-hydrogen) atoms. The van der Waals surface area contributed by atoms with E-state index < -0.39 is 34.4 Å².